The molecule has 0 saturated carbocycles. The van der Waals surface area contributed by atoms with Crippen LogP contribution in [0.15, 0.2) is 23.8 Å². The van der Waals surface area contributed by atoms with Gasteiger partial charge in [0.2, 0.25) is 0 Å². The fraction of sp³-hybridized carbons (Fsp3) is 0.792. The van der Waals surface area contributed by atoms with Crippen LogP contribution < -0.4 is 0 Å². The first-order valence-corrected chi connectivity index (χ1v) is 11.3. The fourth-order valence-electron chi connectivity index (χ4n) is 3.54. The van der Waals surface area contributed by atoms with E-state index in [0.717, 1.165) is 24.8 Å². The lowest BCUT2D eigenvalue weighted by molar-refractivity contribution is -0.144. The molecule has 0 heterocycles. The molecule has 0 aromatic carbocycles. The van der Waals surface area contributed by atoms with E-state index in [-0.39, 0.29) is 12.1 Å². The van der Waals surface area contributed by atoms with Gasteiger partial charge in [-0.15, -0.1) is 0 Å². The van der Waals surface area contributed by atoms with Gasteiger partial charge in [0, 0.05) is 5.57 Å². The highest BCUT2D eigenvalue weighted by Gasteiger charge is 2.14. The number of allylic oxidation sites excluding steroid dienone is 3. The number of carbonyl (C=O) groups excluding carboxylic acids is 1. The minimum Gasteiger partial charge on any atom is -0.459 e. The van der Waals surface area contributed by atoms with E-state index in [1.54, 1.807) is 0 Å². The molecule has 26 heavy (non-hydrogen) atoms. The highest BCUT2D eigenvalue weighted by atomic mass is 16.5. The smallest absolute Gasteiger partial charge is 0.334 e. The first kappa shape index (κ1) is 23.0. The van der Waals surface area contributed by atoms with Gasteiger partial charge in [0.25, 0.3) is 0 Å². The first-order valence-electron chi connectivity index (χ1n) is 11.3. The number of rotatable bonds is 16. The topological polar surface area (TPSA) is 26.3 Å². The number of ether oxygens (including phenoxy) is 1. The third-order valence-electron chi connectivity index (χ3n) is 5.30. The summed E-state index contributed by atoms with van der Waals surface area (Å²) in [4.78, 5) is 12.0. The Kier molecular flexibility index (Phi) is 14.3. The summed E-state index contributed by atoms with van der Waals surface area (Å²) in [6, 6.07) is 0. The van der Waals surface area contributed by atoms with E-state index in [1.807, 2.05) is 19.1 Å². The summed E-state index contributed by atoms with van der Waals surface area (Å²) in [6.07, 6.45) is 26.6. The lowest BCUT2D eigenvalue weighted by atomic mass is 10.0. The molecule has 0 radical (unpaired) electrons. The van der Waals surface area contributed by atoms with Gasteiger partial charge in [0.15, 0.2) is 0 Å². The van der Waals surface area contributed by atoms with E-state index in [0.29, 0.717) is 0 Å². The normalized spacial score (nSPS) is 14.9. The van der Waals surface area contributed by atoms with Crippen molar-refractivity contribution >= 4 is 5.97 Å². The molecule has 0 aromatic heterocycles. The Morgan fingerprint density at radius 2 is 1.46 bits per heavy atom. The monoisotopic (exact) mass is 362 g/mol. The zero-order valence-electron chi connectivity index (χ0n) is 17.4. The minimum absolute atomic E-state index is 0.0435. The molecule has 1 rings (SSSR count). The summed E-state index contributed by atoms with van der Waals surface area (Å²) in [5.74, 6) is -0.114. The molecule has 2 heteroatoms. The van der Waals surface area contributed by atoms with Crippen molar-refractivity contribution < 1.29 is 9.53 Å². The lowest BCUT2D eigenvalue weighted by Gasteiger charge is -2.15. The van der Waals surface area contributed by atoms with E-state index in [1.165, 1.54) is 83.5 Å². The van der Waals surface area contributed by atoms with Gasteiger partial charge in [-0.3, -0.25) is 0 Å². The van der Waals surface area contributed by atoms with Crippen molar-refractivity contribution in [3.8, 4) is 0 Å². The first-order chi connectivity index (χ1) is 12.7. The molecule has 0 spiro atoms. The van der Waals surface area contributed by atoms with Gasteiger partial charge in [-0.25, -0.2) is 4.79 Å². The van der Waals surface area contributed by atoms with Gasteiger partial charge < -0.3 is 4.74 Å². The van der Waals surface area contributed by atoms with Crippen LogP contribution in [0.4, 0.5) is 0 Å². The molecule has 0 unspecified atom stereocenters. The third-order valence-corrected chi connectivity index (χ3v) is 5.30. The maximum atomic E-state index is 12.0. The Morgan fingerprint density at radius 3 is 1.96 bits per heavy atom. The Bertz CT molecular complexity index is 408. The van der Waals surface area contributed by atoms with Gasteiger partial charge in [0.05, 0.1) is 6.10 Å². The van der Waals surface area contributed by atoms with Gasteiger partial charge in [-0.05, 0) is 32.6 Å². The van der Waals surface area contributed by atoms with Crippen LogP contribution in [0.25, 0.3) is 0 Å². The van der Waals surface area contributed by atoms with Crippen LogP contribution in [-0.2, 0) is 9.53 Å². The summed E-state index contributed by atoms with van der Waals surface area (Å²) in [5, 5.41) is 0. The number of hydrogen-bond donors (Lipinski definition) is 0. The third kappa shape index (κ3) is 12.3. The maximum Gasteiger partial charge on any atom is 0.334 e. The lowest BCUT2D eigenvalue weighted by Crippen LogP contribution is -2.17. The molecule has 150 valence electrons. The molecule has 1 atom stereocenters. The highest BCUT2D eigenvalue weighted by Crippen LogP contribution is 2.17. The van der Waals surface area contributed by atoms with Crippen molar-refractivity contribution in [1.29, 1.82) is 0 Å². The molecular weight excluding hydrogens is 320 g/mol. The van der Waals surface area contributed by atoms with Gasteiger partial charge >= 0.3 is 5.97 Å². The van der Waals surface area contributed by atoms with Crippen molar-refractivity contribution in [2.75, 3.05) is 0 Å². The predicted octanol–water partition coefficient (Wildman–Crippen LogP) is 7.68. The second kappa shape index (κ2) is 16.1. The molecular formula is C24H42O2. The summed E-state index contributed by atoms with van der Waals surface area (Å²) in [7, 11) is 0. The number of carbonyl (C=O) groups is 1. The standard InChI is InChI=1S/C24H42O2/c1-3-4-5-6-7-8-9-10-11-12-13-14-16-19-22(2)26-24(25)23-20-17-15-18-21-23/h15,17,20,22H,3-14,16,18-19,21H2,1-2H3/t22-/m0/s1. The molecule has 0 saturated heterocycles. The zero-order valence-corrected chi connectivity index (χ0v) is 17.4. The van der Waals surface area contributed by atoms with Crippen molar-refractivity contribution in [1.82, 2.24) is 0 Å². The van der Waals surface area contributed by atoms with Crippen LogP contribution in [0.1, 0.15) is 117 Å². The quantitative estimate of drug-likeness (QED) is 0.208. The fourth-order valence-corrected chi connectivity index (χ4v) is 3.54. The maximum absolute atomic E-state index is 12.0. The van der Waals surface area contributed by atoms with Crippen molar-refractivity contribution in [3.63, 3.8) is 0 Å². The Labute approximate surface area is 162 Å². The van der Waals surface area contributed by atoms with E-state index < -0.39 is 0 Å². The Morgan fingerprint density at radius 1 is 0.923 bits per heavy atom. The molecule has 0 amide bonds. The molecule has 0 fully saturated rings. The summed E-state index contributed by atoms with van der Waals surface area (Å²) < 4.78 is 5.56. The van der Waals surface area contributed by atoms with Crippen LogP contribution in [0, 0.1) is 0 Å². The van der Waals surface area contributed by atoms with Gasteiger partial charge in [0.1, 0.15) is 0 Å². The van der Waals surface area contributed by atoms with Crippen molar-refractivity contribution in [2.45, 2.75) is 123 Å². The number of hydrogen-bond acceptors (Lipinski definition) is 2. The zero-order chi connectivity index (χ0) is 18.9. The second-order valence-electron chi connectivity index (χ2n) is 7.91. The molecule has 2 nitrogen and oxygen atoms in total. The molecule has 1 aliphatic rings. The minimum atomic E-state index is -0.114. The van der Waals surface area contributed by atoms with Crippen LogP contribution >= 0.6 is 0 Å². The molecule has 0 aromatic rings. The van der Waals surface area contributed by atoms with Crippen LogP contribution in [-0.4, -0.2) is 12.1 Å². The molecule has 0 bridgehead atoms. The summed E-state index contributed by atoms with van der Waals surface area (Å²) in [5.41, 5.74) is 0.824. The number of esters is 1. The summed E-state index contributed by atoms with van der Waals surface area (Å²) in [6.45, 7) is 4.30. The second-order valence-corrected chi connectivity index (χ2v) is 7.91. The SMILES string of the molecule is CCCCCCCCCCCCCCC[C@H](C)OC(=O)C1=CC=CCC1. The van der Waals surface area contributed by atoms with E-state index >= 15 is 0 Å². The van der Waals surface area contributed by atoms with Gasteiger partial charge in [-0.2, -0.15) is 0 Å². The van der Waals surface area contributed by atoms with Gasteiger partial charge in [-0.1, -0.05) is 102 Å². The molecule has 0 aliphatic heterocycles. The predicted molar refractivity (Wildman–Crippen MR) is 112 cm³/mol. The highest BCUT2D eigenvalue weighted by molar-refractivity contribution is 5.89. The molecule has 1 aliphatic carbocycles. The number of unbranched alkanes of at least 4 members (excludes halogenated alkanes) is 12. The summed E-state index contributed by atoms with van der Waals surface area (Å²) >= 11 is 0. The average molecular weight is 363 g/mol. The largest absolute Gasteiger partial charge is 0.459 e. The van der Waals surface area contributed by atoms with Crippen LogP contribution in [0.3, 0.4) is 0 Å². The Balaban J connectivity index is 1.86. The van der Waals surface area contributed by atoms with E-state index in [2.05, 4.69) is 13.0 Å². The Hall–Kier alpha value is -1.05. The van der Waals surface area contributed by atoms with Crippen molar-refractivity contribution in [2.24, 2.45) is 0 Å². The van der Waals surface area contributed by atoms with Crippen LogP contribution in [0.2, 0.25) is 0 Å². The van der Waals surface area contributed by atoms with Crippen LogP contribution in [0.5, 0.6) is 0 Å². The average Bonchev–Trinajstić information content (AvgIpc) is 2.66. The molecule has 0 N–H and O–H groups in total. The van der Waals surface area contributed by atoms with Crippen molar-refractivity contribution in [3.05, 3.63) is 23.8 Å². The van der Waals surface area contributed by atoms with E-state index in [4.69, 9.17) is 4.74 Å². The van der Waals surface area contributed by atoms with E-state index in [9.17, 15) is 4.79 Å².